The molecule has 0 aliphatic rings. The van der Waals surface area contributed by atoms with Crippen molar-refractivity contribution in [1.29, 1.82) is 0 Å². The van der Waals surface area contributed by atoms with Crippen molar-refractivity contribution in [2.24, 2.45) is 0 Å². The van der Waals surface area contributed by atoms with E-state index in [-0.39, 0.29) is 57.0 Å². The summed E-state index contributed by atoms with van der Waals surface area (Å²) in [6.45, 7) is 16.5. The zero-order valence-electron chi connectivity index (χ0n) is 35.7. The highest BCUT2D eigenvalue weighted by atomic mass is 79.9. The van der Waals surface area contributed by atoms with E-state index in [4.69, 9.17) is 58.0 Å². The topological polar surface area (TPSA) is 218 Å². The van der Waals surface area contributed by atoms with E-state index in [1.807, 2.05) is 41.5 Å². The molecule has 59 heavy (non-hydrogen) atoms. The summed E-state index contributed by atoms with van der Waals surface area (Å²) in [6, 6.07) is 9.73. The fourth-order valence-corrected chi connectivity index (χ4v) is 4.60. The lowest BCUT2D eigenvalue weighted by Gasteiger charge is -2.19. The maximum Gasteiger partial charge on any atom is 0.308 e. The molecule has 2 aromatic rings. The molecule has 0 unspecified atom stereocenters. The molecule has 0 radical (unpaired) electrons. The lowest BCUT2D eigenvalue weighted by Crippen LogP contribution is -2.24. The molecule has 0 aromatic heterocycles. The number of ether oxygens (including phenoxy) is 9. The van der Waals surface area contributed by atoms with Crippen molar-refractivity contribution in [3.63, 3.8) is 0 Å². The summed E-state index contributed by atoms with van der Waals surface area (Å²) in [4.78, 5) is 22.8. The number of alkyl halides is 1. The third kappa shape index (κ3) is 35.5. The first-order chi connectivity index (χ1) is 28.0. The van der Waals surface area contributed by atoms with Crippen molar-refractivity contribution in [3.05, 3.63) is 58.7 Å². The van der Waals surface area contributed by atoms with Gasteiger partial charge in [0.1, 0.15) is 29.3 Å². The Balaban J connectivity index is 0.000000955. The van der Waals surface area contributed by atoms with Gasteiger partial charge in [0.25, 0.3) is 0 Å². The van der Waals surface area contributed by atoms with Crippen LogP contribution in [0.2, 0.25) is 0 Å². The summed E-state index contributed by atoms with van der Waals surface area (Å²) in [7, 11) is 0. The van der Waals surface area contributed by atoms with Gasteiger partial charge in [-0.15, -0.1) is 0 Å². The van der Waals surface area contributed by atoms with Crippen molar-refractivity contribution in [1.82, 2.24) is 0 Å². The summed E-state index contributed by atoms with van der Waals surface area (Å²) >= 11 is 3.27. The van der Waals surface area contributed by atoms with Crippen LogP contribution in [0, 0.1) is 0 Å². The lowest BCUT2D eigenvalue weighted by atomic mass is 10.1. The highest BCUT2D eigenvalue weighted by Crippen LogP contribution is 2.18. The Hall–Kier alpha value is -2.94. The average Bonchev–Trinajstić information content (AvgIpc) is 3.17. The largest absolute Gasteiger partial charge is 0.508 e. The molecule has 0 saturated heterocycles. The Morgan fingerprint density at radius 2 is 0.780 bits per heavy atom. The van der Waals surface area contributed by atoms with Gasteiger partial charge >= 0.3 is 11.9 Å². The smallest absolute Gasteiger partial charge is 0.308 e. The molecule has 0 amide bonds. The van der Waals surface area contributed by atoms with E-state index in [2.05, 4.69) is 15.9 Å². The van der Waals surface area contributed by atoms with Gasteiger partial charge in [-0.2, -0.15) is 0 Å². The molecule has 0 fully saturated rings. The third-order valence-electron chi connectivity index (χ3n) is 6.74. The van der Waals surface area contributed by atoms with E-state index in [1.165, 1.54) is 12.1 Å². The van der Waals surface area contributed by atoms with Crippen molar-refractivity contribution < 1.29 is 77.8 Å². The molecular weight excluding hydrogens is 840 g/mol. The molecular formula is C42H69BrO16. The summed E-state index contributed by atoms with van der Waals surface area (Å²) in [5.41, 5.74) is 1.68. The van der Waals surface area contributed by atoms with Gasteiger partial charge in [0, 0.05) is 5.33 Å². The Morgan fingerprint density at radius 1 is 0.475 bits per heavy atom. The minimum atomic E-state index is -0.475. The number of phenolic OH excluding ortho intramolecular Hbond substituents is 1. The monoisotopic (exact) mass is 908 g/mol. The Kier molecular flexibility index (Phi) is 33.0. The number of rotatable bonds is 28. The normalized spacial score (nSPS) is 11.2. The van der Waals surface area contributed by atoms with Crippen LogP contribution in [0.3, 0.4) is 0 Å². The SMILES string of the molecule is CC(C)(C)OC(=O)CCOCCOCCOCCBr.CC(C)(C)OC(=O)CCOCCOCCOCCOc1cc(CO)cc(CO)c1.OCc1cc(O)cc(CO)c1. The number of halogens is 1. The van der Waals surface area contributed by atoms with Crippen LogP contribution in [0.5, 0.6) is 11.5 Å². The van der Waals surface area contributed by atoms with Gasteiger partial charge in [-0.25, -0.2) is 0 Å². The fourth-order valence-electron chi connectivity index (χ4n) is 4.37. The number of hydrogen-bond donors (Lipinski definition) is 5. The third-order valence-corrected chi connectivity index (χ3v) is 7.06. The molecule has 0 atom stereocenters. The summed E-state index contributed by atoms with van der Waals surface area (Å²) in [5, 5.41) is 45.6. The standard InChI is InChI=1S/C21H34O8.C13H25BrO5.C8H10O3/c1-21(2,3)29-20(24)4-5-25-6-7-26-8-9-27-10-11-28-19-13-17(15-22)12-18(14-19)16-23;1-13(2,3)19-12(15)4-6-16-8-10-18-11-9-17-7-5-14;9-4-6-1-7(5-10)3-8(11)2-6/h12-14,22-23H,4-11,15-16H2,1-3H3;4-11H2,1-3H3;1-3,9-11H,4-5H2. The number of benzene rings is 2. The number of phenols is 1. The molecule has 5 N–H and O–H groups in total. The van der Waals surface area contributed by atoms with Crippen LogP contribution in [0.25, 0.3) is 0 Å². The second-order valence-corrected chi connectivity index (χ2v) is 15.3. The Labute approximate surface area is 358 Å². The van der Waals surface area contributed by atoms with E-state index in [0.717, 1.165) is 5.33 Å². The van der Waals surface area contributed by atoms with Crippen LogP contribution in [0.1, 0.15) is 76.6 Å². The van der Waals surface area contributed by atoms with Gasteiger partial charge in [0.2, 0.25) is 0 Å². The molecule has 2 rings (SSSR count). The second kappa shape index (κ2) is 34.7. The lowest BCUT2D eigenvalue weighted by molar-refractivity contribution is -0.157. The minimum absolute atomic E-state index is 0.0700. The predicted molar refractivity (Wildman–Crippen MR) is 223 cm³/mol. The van der Waals surface area contributed by atoms with Crippen molar-refractivity contribution in [2.45, 2.75) is 92.0 Å². The number of carbonyl (C=O) groups excluding carboxylic acids is 2. The van der Waals surface area contributed by atoms with E-state index < -0.39 is 11.2 Å². The molecule has 2 aromatic carbocycles. The quantitative estimate of drug-likeness (QED) is 0.0455. The van der Waals surface area contributed by atoms with Crippen molar-refractivity contribution in [3.8, 4) is 11.5 Å². The molecule has 16 nitrogen and oxygen atoms in total. The maximum absolute atomic E-state index is 11.5. The second-order valence-electron chi connectivity index (χ2n) is 14.5. The van der Waals surface area contributed by atoms with Gasteiger partial charge in [-0.3, -0.25) is 9.59 Å². The number of aliphatic hydroxyl groups is 4. The zero-order valence-corrected chi connectivity index (χ0v) is 37.3. The number of aliphatic hydroxyl groups excluding tert-OH is 4. The minimum Gasteiger partial charge on any atom is -0.508 e. The average molecular weight is 910 g/mol. The summed E-state index contributed by atoms with van der Waals surface area (Å²) in [6.07, 6.45) is 0.493. The molecule has 0 heterocycles. The van der Waals surface area contributed by atoms with Crippen LogP contribution in [-0.2, 0) is 73.9 Å². The Bertz CT molecular complexity index is 1320. The maximum atomic E-state index is 11.5. The van der Waals surface area contributed by atoms with E-state index >= 15 is 0 Å². The molecule has 17 heteroatoms. The number of aromatic hydroxyl groups is 1. The highest BCUT2D eigenvalue weighted by molar-refractivity contribution is 9.09. The van der Waals surface area contributed by atoms with E-state index in [9.17, 15) is 19.8 Å². The fraction of sp³-hybridized carbons (Fsp3) is 0.667. The van der Waals surface area contributed by atoms with Gasteiger partial charge in [-0.1, -0.05) is 28.1 Å². The predicted octanol–water partition coefficient (Wildman–Crippen LogP) is 4.37. The number of esters is 2. The first-order valence-corrected chi connectivity index (χ1v) is 20.6. The first-order valence-electron chi connectivity index (χ1n) is 19.5. The number of hydrogen-bond acceptors (Lipinski definition) is 16. The van der Waals surface area contributed by atoms with Crippen LogP contribution < -0.4 is 4.74 Å². The van der Waals surface area contributed by atoms with Crippen LogP contribution in [-0.4, -0.2) is 140 Å². The molecule has 0 spiro atoms. The van der Waals surface area contributed by atoms with Gasteiger partial charge in [0.05, 0.1) is 119 Å². The molecule has 0 aliphatic carbocycles. The first kappa shape index (κ1) is 56.1. The molecule has 0 saturated carbocycles. The highest BCUT2D eigenvalue weighted by Gasteiger charge is 2.16. The zero-order chi connectivity index (χ0) is 44.4. The van der Waals surface area contributed by atoms with E-state index in [0.29, 0.717) is 114 Å². The van der Waals surface area contributed by atoms with Crippen LogP contribution in [0.15, 0.2) is 36.4 Å². The van der Waals surface area contributed by atoms with Crippen molar-refractivity contribution in [2.75, 3.05) is 91.2 Å². The van der Waals surface area contributed by atoms with Crippen LogP contribution >= 0.6 is 15.9 Å². The van der Waals surface area contributed by atoms with Gasteiger partial charge < -0.3 is 68.2 Å². The van der Waals surface area contributed by atoms with Gasteiger partial charge in [-0.05, 0) is 88.1 Å². The summed E-state index contributed by atoms with van der Waals surface area (Å²) < 4.78 is 47.8. The molecule has 0 aliphatic heterocycles. The summed E-state index contributed by atoms with van der Waals surface area (Å²) in [5.74, 6) is 0.144. The molecule has 0 bridgehead atoms. The molecule has 340 valence electrons. The van der Waals surface area contributed by atoms with Gasteiger partial charge in [0.15, 0.2) is 0 Å². The van der Waals surface area contributed by atoms with Crippen LogP contribution in [0.4, 0.5) is 0 Å². The van der Waals surface area contributed by atoms with Crippen molar-refractivity contribution >= 4 is 27.9 Å². The number of carbonyl (C=O) groups is 2. The Morgan fingerprint density at radius 3 is 1.10 bits per heavy atom. The van der Waals surface area contributed by atoms with E-state index in [1.54, 1.807) is 24.3 Å².